The number of nitrogens with zero attached hydrogens (tertiary/aromatic N) is 1. The first-order valence-electron chi connectivity index (χ1n) is 13.6. The summed E-state index contributed by atoms with van der Waals surface area (Å²) in [6.07, 6.45) is -0.892. The Balaban J connectivity index is 2.68. The van der Waals surface area contributed by atoms with E-state index in [4.69, 9.17) is 15.2 Å². The summed E-state index contributed by atoms with van der Waals surface area (Å²) in [6.45, 7) is 14.4. The minimum atomic E-state index is -1.37. The van der Waals surface area contributed by atoms with Crippen molar-refractivity contribution in [3.8, 4) is 5.75 Å². The number of carbonyl (C=O) groups is 4. The van der Waals surface area contributed by atoms with Gasteiger partial charge in [-0.2, -0.15) is 0 Å². The molecule has 4 N–H and O–H groups in total. The predicted octanol–water partition coefficient (Wildman–Crippen LogP) is 4.78. The number of amides is 4. The molecule has 0 aliphatic rings. The topological polar surface area (TPSA) is 140 Å². The fourth-order valence-electron chi connectivity index (χ4n) is 4.43. The van der Waals surface area contributed by atoms with E-state index in [1.807, 2.05) is 52.8 Å². The van der Waals surface area contributed by atoms with E-state index < -0.39 is 53.5 Å². The molecule has 2 unspecified atom stereocenters. The van der Waals surface area contributed by atoms with Gasteiger partial charge in [0.2, 0.25) is 11.8 Å². The smallest absolute Gasteiger partial charge is 0.408 e. The van der Waals surface area contributed by atoms with Crippen molar-refractivity contribution in [1.29, 1.82) is 0 Å². The molecule has 4 amide bonds. The Labute approximate surface area is 242 Å². The Morgan fingerprint density at radius 3 is 1.98 bits per heavy atom. The molecule has 0 radical (unpaired) electrons. The lowest BCUT2D eigenvalue weighted by Gasteiger charge is -2.44. The highest BCUT2D eigenvalue weighted by atomic mass is 16.6. The first kappa shape index (κ1) is 33.1. The molecule has 0 bridgehead atoms. The molecule has 2 aromatic carbocycles. The number of benzene rings is 2. The van der Waals surface area contributed by atoms with E-state index >= 15 is 0 Å². The molecule has 10 heteroatoms. The van der Waals surface area contributed by atoms with Crippen LogP contribution in [0.4, 0.5) is 10.5 Å². The van der Waals surface area contributed by atoms with E-state index in [-0.39, 0.29) is 0 Å². The number of methoxy groups -OCH3 is 1. The van der Waals surface area contributed by atoms with Crippen LogP contribution in [0.3, 0.4) is 0 Å². The number of nitrogens with one attached hydrogen (secondary N) is 2. The second-order valence-corrected chi connectivity index (χ2v) is 11.8. The van der Waals surface area contributed by atoms with Crippen LogP contribution in [-0.4, -0.2) is 53.0 Å². The van der Waals surface area contributed by atoms with Crippen molar-refractivity contribution in [2.24, 2.45) is 5.73 Å². The van der Waals surface area contributed by atoms with Gasteiger partial charge in [-0.1, -0.05) is 36.2 Å². The van der Waals surface area contributed by atoms with E-state index in [9.17, 15) is 19.2 Å². The summed E-state index contributed by atoms with van der Waals surface area (Å²) >= 11 is 0. The molecule has 0 saturated heterocycles. The molecule has 0 saturated carbocycles. The maximum atomic E-state index is 14.4. The molecular formula is C31H44N4O6. The van der Waals surface area contributed by atoms with Crippen LogP contribution >= 0.6 is 0 Å². The molecule has 41 heavy (non-hydrogen) atoms. The lowest BCUT2D eigenvalue weighted by molar-refractivity contribution is -0.148. The van der Waals surface area contributed by atoms with Gasteiger partial charge >= 0.3 is 6.09 Å². The lowest BCUT2D eigenvalue weighted by Crippen LogP contribution is -2.59. The van der Waals surface area contributed by atoms with E-state index in [0.29, 0.717) is 23.4 Å². The number of primary amides is 1. The van der Waals surface area contributed by atoms with E-state index in [1.54, 1.807) is 52.1 Å². The largest absolute Gasteiger partial charge is 0.497 e. The summed E-state index contributed by atoms with van der Waals surface area (Å²) in [5, 5.41) is 5.43. The van der Waals surface area contributed by atoms with Crippen molar-refractivity contribution in [2.75, 3.05) is 12.4 Å². The van der Waals surface area contributed by atoms with Gasteiger partial charge in [-0.25, -0.2) is 4.79 Å². The summed E-state index contributed by atoms with van der Waals surface area (Å²) < 4.78 is 10.6. The second kappa shape index (κ2) is 13.5. The van der Waals surface area contributed by atoms with Crippen LogP contribution in [0.2, 0.25) is 0 Å². The predicted molar refractivity (Wildman–Crippen MR) is 158 cm³/mol. The number of carbonyl (C=O) groups excluding carboxylic acids is 4. The third-order valence-electron chi connectivity index (χ3n) is 6.57. The van der Waals surface area contributed by atoms with Crippen LogP contribution in [0.25, 0.3) is 0 Å². The van der Waals surface area contributed by atoms with Gasteiger partial charge in [0.05, 0.1) is 13.5 Å². The Kier molecular flexibility index (Phi) is 10.9. The summed E-state index contributed by atoms with van der Waals surface area (Å²) in [7, 11) is 1.55. The van der Waals surface area contributed by atoms with E-state index in [0.717, 1.165) is 11.1 Å². The SMILES string of the molecule is CCC(C)(C)N(C(=O)C(CC(N)=O)NC(=O)OC(C)(C)C)C(C(=O)Nc1ccc(OC)cc1)c1cc(C)cc(C)c1. The molecule has 2 atom stereocenters. The lowest BCUT2D eigenvalue weighted by atomic mass is 9.90. The normalized spacial score (nSPS) is 13.0. The molecule has 0 aliphatic carbocycles. The molecule has 0 aliphatic heterocycles. The summed E-state index contributed by atoms with van der Waals surface area (Å²) in [6, 6.07) is 10.0. The highest BCUT2D eigenvalue weighted by molar-refractivity contribution is 6.00. The number of anilines is 1. The highest BCUT2D eigenvalue weighted by Gasteiger charge is 2.43. The van der Waals surface area contributed by atoms with Gasteiger partial charge in [-0.3, -0.25) is 14.4 Å². The van der Waals surface area contributed by atoms with Crippen LogP contribution in [0.15, 0.2) is 42.5 Å². The van der Waals surface area contributed by atoms with E-state index in [1.165, 1.54) is 4.90 Å². The molecule has 0 spiro atoms. The van der Waals surface area contributed by atoms with Crippen LogP contribution in [-0.2, 0) is 19.1 Å². The van der Waals surface area contributed by atoms with Crippen molar-refractivity contribution < 1.29 is 28.7 Å². The Hall–Kier alpha value is -4.08. The molecule has 0 aromatic heterocycles. The molecule has 2 rings (SSSR count). The van der Waals surface area contributed by atoms with Crippen molar-refractivity contribution in [2.45, 2.75) is 91.5 Å². The number of ether oxygens (including phenoxy) is 2. The standard InChI is InChI=1S/C31H44N4O6/c1-10-31(7,8)35(28(38)24(18-25(32)36)34-29(39)41-30(4,5)6)26(21-16-19(2)15-20(3)17-21)27(37)33-22-11-13-23(40-9)14-12-22/h11-17,24,26H,10,18H2,1-9H3,(H2,32,36)(H,33,37)(H,34,39). The zero-order chi connectivity index (χ0) is 31.1. The Morgan fingerprint density at radius 1 is 0.951 bits per heavy atom. The van der Waals surface area contributed by atoms with Crippen LogP contribution < -0.4 is 21.1 Å². The Bertz CT molecular complexity index is 1230. The number of aryl methyl sites for hydroxylation is 2. The van der Waals surface area contributed by atoms with Crippen molar-refractivity contribution >= 4 is 29.5 Å². The van der Waals surface area contributed by atoms with E-state index in [2.05, 4.69) is 10.6 Å². The maximum absolute atomic E-state index is 14.4. The zero-order valence-corrected chi connectivity index (χ0v) is 25.6. The van der Waals surface area contributed by atoms with Crippen LogP contribution in [0, 0.1) is 13.8 Å². The third-order valence-corrected chi connectivity index (χ3v) is 6.57. The molecule has 0 fully saturated rings. The minimum absolute atomic E-state index is 0.464. The van der Waals surface area contributed by atoms with Gasteiger partial charge in [0.1, 0.15) is 23.4 Å². The monoisotopic (exact) mass is 568 g/mol. The van der Waals surface area contributed by atoms with Crippen LogP contribution in [0.1, 0.15) is 77.1 Å². The van der Waals surface area contributed by atoms with Crippen molar-refractivity contribution in [3.63, 3.8) is 0 Å². The minimum Gasteiger partial charge on any atom is -0.497 e. The molecule has 0 heterocycles. The molecule has 2 aromatic rings. The number of hydrogen-bond donors (Lipinski definition) is 3. The number of nitrogens with two attached hydrogens (primary N) is 1. The Morgan fingerprint density at radius 2 is 1.51 bits per heavy atom. The third kappa shape index (κ3) is 9.51. The number of alkyl carbamates (subject to hydrolysis) is 1. The first-order chi connectivity index (χ1) is 19.0. The fourth-order valence-corrected chi connectivity index (χ4v) is 4.43. The summed E-state index contributed by atoms with van der Waals surface area (Å²) in [5.74, 6) is -1.28. The zero-order valence-electron chi connectivity index (χ0n) is 25.6. The summed E-state index contributed by atoms with van der Waals surface area (Å²) in [4.78, 5) is 54.7. The first-order valence-corrected chi connectivity index (χ1v) is 13.6. The van der Waals surface area contributed by atoms with Gasteiger partial charge in [0.25, 0.3) is 5.91 Å². The van der Waals surface area contributed by atoms with Crippen LogP contribution in [0.5, 0.6) is 5.75 Å². The average Bonchev–Trinajstić information content (AvgIpc) is 2.84. The van der Waals surface area contributed by atoms with Crippen molar-refractivity contribution in [1.82, 2.24) is 10.2 Å². The van der Waals surface area contributed by atoms with Gasteiger partial charge in [0.15, 0.2) is 0 Å². The maximum Gasteiger partial charge on any atom is 0.408 e. The molecule has 10 nitrogen and oxygen atoms in total. The highest BCUT2D eigenvalue weighted by Crippen LogP contribution is 2.34. The summed E-state index contributed by atoms with van der Waals surface area (Å²) in [5.41, 5.74) is 6.67. The van der Waals surface area contributed by atoms with Gasteiger partial charge in [-0.05, 0) is 84.7 Å². The van der Waals surface area contributed by atoms with Gasteiger partial charge in [0, 0.05) is 11.2 Å². The molecule has 224 valence electrons. The average molecular weight is 569 g/mol. The number of rotatable bonds is 11. The number of hydrogen-bond acceptors (Lipinski definition) is 6. The quantitative estimate of drug-likeness (QED) is 0.356. The fraction of sp³-hybridized carbons (Fsp3) is 0.484. The van der Waals surface area contributed by atoms with Gasteiger partial charge in [-0.15, -0.1) is 0 Å². The van der Waals surface area contributed by atoms with Gasteiger partial charge < -0.3 is 30.7 Å². The second-order valence-electron chi connectivity index (χ2n) is 11.8. The molecular weight excluding hydrogens is 524 g/mol. The van der Waals surface area contributed by atoms with Crippen molar-refractivity contribution in [3.05, 3.63) is 59.2 Å².